The lowest BCUT2D eigenvalue weighted by atomic mass is 10.1. The second kappa shape index (κ2) is 8.31. The highest BCUT2D eigenvalue weighted by Crippen LogP contribution is 2.20. The molecule has 0 fully saturated rings. The average molecular weight is 287 g/mol. The van der Waals surface area contributed by atoms with E-state index in [4.69, 9.17) is 5.26 Å². The van der Waals surface area contributed by atoms with Crippen molar-refractivity contribution >= 4 is 11.6 Å². The van der Waals surface area contributed by atoms with Gasteiger partial charge in [-0.05, 0) is 37.5 Å². The molecule has 4 nitrogen and oxygen atoms in total. The largest absolute Gasteiger partial charge is 0.385 e. The van der Waals surface area contributed by atoms with E-state index in [1.807, 2.05) is 32.0 Å². The van der Waals surface area contributed by atoms with E-state index in [-0.39, 0.29) is 5.91 Å². The van der Waals surface area contributed by atoms with Crippen LogP contribution in [0.4, 0.5) is 5.69 Å². The van der Waals surface area contributed by atoms with Gasteiger partial charge in [-0.2, -0.15) is 5.26 Å². The van der Waals surface area contributed by atoms with Crippen molar-refractivity contribution in [3.05, 3.63) is 29.3 Å². The minimum Gasteiger partial charge on any atom is -0.385 e. The topological polar surface area (TPSA) is 56.1 Å². The van der Waals surface area contributed by atoms with Gasteiger partial charge in [0.15, 0.2) is 0 Å². The predicted molar refractivity (Wildman–Crippen MR) is 86.3 cm³/mol. The van der Waals surface area contributed by atoms with Crippen molar-refractivity contribution < 1.29 is 4.79 Å². The molecule has 1 amide bonds. The predicted octanol–water partition coefficient (Wildman–Crippen LogP) is 3.44. The minimum atomic E-state index is -0.00472. The molecule has 0 aliphatic carbocycles. The van der Waals surface area contributed by atoms with Crippen LogP contribution in [0.15, 0.2) is 18.2 Å². The van der Waals surface area contributed by atoms with Gasteiger partial charge in [-0.1, -0.05) is 19.9 Å². The lowest BCUT2D eigenvalue weighted by Crippen LogP contribution is -2.35. The van der Waals surface area contributed by atoms with Crippen molar-refractivity contribution in [1.29, 1.82) is 5.26 Å². The summed E-state index contributed by atoms with van der Waals surface area (Å²) in [5, 5.41) is 12.0. The number of benzene rings is 1. The normalized spacial score (nSPS) is 10.3. The van der Waals surface area contributed by atoms with Crippen molar-refractivity contribution in [1.82, 2.24) is 4.90 Å². The second-order valence-corrected chi connectivity index (χ2v) is 5.63. The molecule has 114 valence electrons. The van der Waals surface area contributed by atoms with Gasteiger partial charge in [0.1, 0.15) is 0 Å². The van der Waals surface area contributed by atoms with Gasteiger partial charge in [-0.15, -0.1) is 0 Å². The molecule has 1 aromatic carbocycles. The summed E-state index contributed by atoms with van der Waals surface area (Å²) in [5.41, 5.74) is 2.67. The third-order valence-electron chi connectivity index (χ3n) is 3.14. The Kier molecular flexibility index (Phi) is 6.74. The zero-order chi connectivity index (χ0) is 15.8. The van der Waals surface area contributed by atoms with Gasteiger partial charge in [0.25, 0.3) is 5.91 Å². The number of hydrogen-bond acceptors (Lipinski definition) is 3. The quantitative estimate of drug-likeness (QED) is 0.835. The average Bonchev–Trinajstić information content (AvgIpc) is 2.43. The van der Waals surface area contributed by atoms with Gasteiger partial charge in [-0.3, -0.25) is 4.79 Å². The molecule has 0 aliphatic heterocycles. The van der Waals surface area contributed by atoms with Crippen LogP contribution in [0.2, 0.25) is 0 Å². The summed E-state index contributed by atoms with van der Waals surface area (Å²) < 4.78 is 0. The zero-order valence-corrected chi connectivity index (χ0v) is 13.4. The van der Waals surface area contributed by atoms with Crippen LogP contribution in [-0.2, 0) is 0 Å². The van der Waals surface area contributed by atoms with E-state index in [0.717, 1.165) is 17.8 Å². The molecule has 0 unspecified atom stereocenters. The number of amides is 1. The fourth-order valence-electron chi connectivity index (χ4n) is 2.25. The maximum absolute atomic E-state index is 12.8. The summed E-state index contributed by atoms with van der Waals surface area (Å²) in [6.07, 6.45) is 0.362. The third-order valence-corrected chi connectivity index (χ3v) is 3.14. The van der Waals surface area contributed by atoms with Crippen LogP contribution in [0.1, 0.15) is 43.1 Å². The van der Waals surface area contributed by atoms with E-state index in [2.05, 4.69) is 25.2 Å². The standard InChI is InChI=1S/C17H25N3O/c1-5-19-16-11-14(4)7-8-15(16)17(21)20(10-6-9-18)12-13(2)3/h7-8,11,13,19H,5-6,10,12H2,1-4H3. The Bertz CT molecular complexity index is 517. The van der Waals surface area contributed by atoms with E-state index in [9.17, 15) is 4.79 Å². The van der Waals surface area contributed by atoms with Crippen LogP contribution in [0.5, 0.6) is 0 Å². The molecule has 0 heterocycles. The molecule has 1 rings (SSSR count). The van der Waals surface area contributed by atoms with Crippen LogP contribution in [-0.4, -0.2) is 30.4 Å². The number of nitrogens with one attached hydrogen (secondary N) is 1. The first-order valence-corrected chi connectivity index (χ1v) is 7.50. The lowest BCUT2D eigenvalue weighted by Gasteiger charge is -2.25. The number of rotatable bonds is 7. The molecule has 0 radical (unpaired) electrons. The van der Waals surface area contributed by atoms with Crippen molar-refractivity contribution in [2.45, 2.75) is 34.1 Å². The van der Waals surface area contributed by atoms with Gasteiger partial charge in [0.2, 0.25) is 0 Å². The molecule has 0 atom stereocenters. The Hall–Kier alpha value is -2.02. The van der Waals surface area contributed by atoms with Crippen LogP contribution in [0.3, 0.4) is 0 Å². The number of carbonyl (C=O) groups excluding carboxylic acids is 1. The summed E-state index contributed by atoms with van der Waals surface area (Å²) >= 11 is 0. The van der Waals surface area contributed by atoms with Crippen molar-refractivity contribution in [2.75, 3.05) is 25.0 Å². The van der Waals surface area contributed by atoms with Gasteiger partial charge >= 0.3 is 0 Å². The van der Waals surface area contributed by atoms with Crippen molar-refractivity contribution in [2.24, 2.45) is 5.92 Å². The molecule has 1 aromatic rings. The fraction of sp³-hybridized carbons (Fsp3) is 0.529. The van der Waals surface area contributed by atoms with Crippen molar-refractivity contribution in [3.63, 3.8) is 0 Å². The molecule has 0 saturated carbocycles. The number of anilines is 1. The van der Waals surface area contributed by atoms with E-state index in [0.29, 0.717) is 31.0 Å². The lowest BCUT2D eigenvalue weighted by molar-refractivity contribution is 0.0741. The molecular weight excluding hydrogens is 262 g/mol. The second-order valence-electron chi connectivity index (χ2n) is 5.63. The zero-order valence-electron chi connectivity index (χ0n) is 13.4. The van der Waals surface area contributed by atoms with Crippen LogP contribution in [0, 0.1) is 24.2 Å². The van der Waals surface area contributed by atoms with Gasteiger partial charge in [0, 0.05) is 25.3 Å². The molecule has 0 aromatic heterocycles. The Balaban J connectivity index is 3.04. The maximum Gasteiger partial charge on any atom is 0.255 e. The Morgan fingerprint density at radius 1 is 1.43 bits per heavy atom. The molecule has 0 aliphatic rings. The molecule has 21 heavy (non-hydrogen) atoms. The summed E-state index contributed by atoms with van der Waals surface area (Å²) in [6, 6.07) is 7.93. The molecule has 0 bridgehead atoms. The highest BCUT2D eigenvalue weighted by atomic mass is 16.2. The highest BCUT2D eigenvalue weighted by Gasteiger charge is 2.19. The van der Waals surface area contributed by atoms with Gasteiger partial charge in [-0.25, -0.2) is 0 Å². The smallest absolute Gasteiger partial charge is 0.255 e. The number of hydrogen-bond donors (Lipinski definition) is 1. The third kappa shape index (κ3) is 5.11. The molecule has 1 N–H and O–H groups in total. The van der Waals surface area contributed by atoms with E-state index in [1.165, 1.54) is 0 Å². The van der Waals surface area contributed by atoms with E-state index >= 15 is 0 Å². The SMILES string of the molecule is CCNc1cc(C)ccc1C(=O)N(CCC#N)CC(C)C. The summed E-state index contributed by atoms with van der Waals surface area (Å²) in [6.45, 7) is 10.1. The van der Waals surface area contributed by atoms with E-state index in [1.54, 1.807) is 4.90 Å². The number of aryl methyl sites for hydroxylation is 1. The molecule has 0 spiro atoms. The number of nitriles is 1. The summed E-state index contributed by atoms with van der Waals surface area (Å²) in [5.74, 6) is 0.371. The first kappa shape index (κ1) is 17.0. The Morgan fingerprint density at radius 2 is 2.14 bits per heavy atom. The minimum absolute atomic E-state index is 0.00472. The summed E-state index contributed by atoms with van der Waals surface area (Å²) in [4.78, 5) is 14.5. The molecule has 0 saturated heterocycles. The monoisotopic (exact) mass is 287 g/mol. The van der Waals surface area contributed by atoms with Crippen molar-refractivity contribution in [3.8, 4) is 6.07 Å². The summed E-state index contributed by atoms with van der Waals surface area (Å²) in [7, 11) is 0. The highest BCUT2D eigenvalue weighted by molar-refractivity contribution is 5.99. The van der Waals surface area contributed by atoms with E-state index < -0.39 is 0 Å². The maximum atomic E-state index is 12.8. The van der Waals surface area contributed by atoms with Crippen LogP contribution >= 0.6 is 0 Å². The van der Waals surface area contributed by atoms with Crippen LogP contribution in [0.25, 0.3) is 0 Å². The van der Waals surface area contributed by atoms with Gasteiger partial charge in [0.05, 0.1) is 18.1 Å². The van der Waals surface area contributed by atoms with Crippen LogP contribution < -0.4 is 5.32 Å². The Labute approximate surface area is 127 Å². The first-order chi connectivity index (χ1) is 9.99. The fourth-order valence-corrected chi connectivity index (χ4v) is 2.25. The number of nitrogens with zero attached hydrogens (tertiary/aromatic N) is 2. The van der Waals surface area contributed by atoms with Gasteiger partial charge < -0.3 is 10.2 Å². The molecular formula is C17H25N3O. The first-order valence-electron chi connectivity index (χ1n) is 7.50. The Morgan fingerprint density at radius 3 is 2.71 bits per heavy atom. The number of carbonyl (C=O) groups is 1. The molecule has 4 heteroatoms.